The van der Waals surface area contributed by atoms with Crippen LogP contribution in [0.1, 0.15) is 53.4 Å². The minimum Gasteiger partial charge on any atom is -0.303 e. The Balaban J connectivity index is 1.14. The first-order valence-corrected chi connectivity index (χ1v) is 11.4. The van der Waals surface area contributed by atoms with Crippen molar-refractivity contribution in [1.29, 1.82) is 0 Å². The van der Waals surface area contributed by atoms with Gasteiger partial charge in [-0.15, -0.1) is 0 Å². The summed E-state index contributed by atoms with van der Waals surface area (Å²) in [7, 11) is 0. The molecule has 2 fully saturated rings. The van der Waals surface area contributed by atoms with Crippen molar-refractivity contribution in [3.05, 3.63) is 107 Å². The Hall–Kier alpha value is -2.45. The van der Waals surface area contributed by atoms with Crippen LogP contribution in [0.2, 0.25) is 0 Å². The van der Waals surface area contributed by atoms with E-state index in [0.717, 1.165) is 18.3 Å². The number of rotatable bonds is 6. The van der Waals surface area contributed by atoms with Gasteiger partial charge in [0, 0.05) is 6.54 Å². The van der Waals surface area contributed by atoms with E-state index in [1.165, 1.54) is 61.2 Å². The van der Waals surface area contributed by atoms with Gasteiger partial charge in [-0.3, -0.25) is 0 Å². The predicted octanol–water partition coefficient (Wildman–Crippen LogP) is 6.40. The van der Waals surface area contributed by atoms with Gasteiger partial charge in [0.1, 0.15) is 5.82 Å². The van der Waals surface area contributed by atoms with Crippen molar-refractivity contribution in [3.8, 4) is 0 Å². The summed E-state index contributed by atoms with van der Waals surface area (Å²) in [5, 5.41) is 0. The highest BCUT2D eigenvalue weighted by Crippen LogP contribution is 2.48. The normalized spacial score (nSPS) is 22.2. The standard InChI is InChI=1S/C28H30FN/c29-27-11-9-21(10-12-27)17-22-5-4-8-25(18-22)23-13-15-30(16-14-23)20-26-19-28(26)24-6-2-1-3-7-24/h1-12,18,23,26,28H,13-17,19-20H2. The Labute approximate surface area is 179 Å². The molecule has 1 saturated carbocycles. The predicted molar refractivity (Wildman–Crippen MR) is 121 cm³/mol. The molecular formula is C28H30FN. The van der Waals surface area contributed by atoms with E-state index in [9.17, 15) is 4.39 Å². The van der Waals surface area contributed by atoms with Crippen LogP contribution in [0.15, 0.2) is 78.9 Å². The number of hydrogen-bond acceptors (Lipinski definition) is 1. The number of hydrogen-bond donors (Lipinski definition) is 0. The summed E-state index contributed by atoms with van der Waals surface area (Å²) in [6, 6.07) is 27.0. The Morgan fingerprint density at radius 2 is 1.50 bits per heavy atom. The second kappa shape index (κ2) is 8.73. The van der Waals surface area contributed by atoms with Gasteiger partial charge in [0.25, 0.3) is 0 Å². The van der Waals surface area contributed by atoms with Gasteiger partial charge in [-0.2, -0.15) is 0 Å². The maximum Gasteiger partial charge on any atom is 0.123 e. The molecule has 0 bridgehead atoms. The van der Waals surface area contributed by atoms with Crippen LogP contribution in [0.25, 0.3) is 0 Å². The molecular weight excluding hydrogens is 369 g/mol. The monoisotopic (exact) mass is 399 g/mol. The molecule has 0 radical (unpaired) electrons. The lowest BCUT2D eigenvalue weighted by molar-refractivity contribution is 0.203. The highest BCUT2D eigenvalue weighted by atomic mass is 19.1. The van der Waals surface area contributed by atoms with Gasteiger partial charge in [0.2, 0.25) is 0 Å². The third-order valence-electron chi connectivity index (χ3n) is 6.97. The summed E-state index contributed by atoms with van der Waals surface area (Å²) in [5.74, 6) is 2.13. The molecule has 1 aliphatic heterocycles. The Morgan fingerprint density at radius 1 is 0.767 bits per heavy atom. The third kappa shape index (κ3) is 4.65. The van der Waals surface area contributed by atoms with E-state index >= 15 is 0 Å². The van der Waals surface area contributed by atoms with Gasteiger partial charge in [0.05, 0.1) is 0 Å². The molecule has 1 saturated heterocycles. The summed E-state index contributed by atoms with van der Waals surface area (Å²) in [6.07, 6.45) is 4.73. The minimum atomic E-state index is -0.166. The molecule has 3 aromatic rings. The van der Waals surface area contributed by atoms with E-state index in [0.29, 0.717) is 5.92 Å². The first-order chi connectivity index (χ1) is 14.7. The van der Waals surface area contributed by atoms with Gasteiger partial charge in [0.15, 0.2) is 0 Å². The second-order valence-corrected chi connectivity index (χ2v) is 9.14. The van der Waals surface area contributed by atoms with Crippen LogP contribution in [0, 0.1) is 11.7 Å². The quantitative estimate of drug-likeness (QED) is 0.464. The average Bonchev–Trinajstić information content (AvgIpc) is 3.56. The van der Waals surface area contributed by atoms with E-state index in [-0.39, 0.29) is 5.82 Å². The summed E-state index contributed by atoms with van der Waals surface area (Å²) in [4.78, 5) is 2.69. The molecule has 0 amide bonds. The highest BCUT2D eigenvalue weighted by Gasteiger charge is 2.39. The zero-order valence-electron chi connectivity index (χ0n) is 17.5. The van der Waals surface area contributed by atoms with E-state index in [4.69, 9.17) is 0 Å². The van der Waals surface area contributed by atoms with E-state index in [1.54, 1.807) is 12.1 Å². The third-order valence-corrected chi connectivity index (χ3v) is 6.97. The Bertz CT molecular complexity index is 957. The summed E-state index contributed by atoms with van der Waals surface area (Å²) >= 11 is 0. The zero-order chi connectivity index (χ0) is 20.3. The van der Waals surface area contributed by atoms with E-state index < -0.39 is 0 Å². The van der Waals surface area contributed by atoms with E-state index in [1.807, 2.05) is 12.1 Å². The SMILES string of the molecule is Fc1ccc(Cc2cccc(C3CCN(CC4CC4c4ccccc4)CC3)c2)cc1. The number of nitrogens with zero attached hydrogens (tertiary/aromatic N) is 1. The molecule has 2 atom stereocenters. The van der Waals surface area contributed by atoms with Crippen molar-refractivity contribution < 1.29 is 4.39 Å². The van der Waals surface area contributed by atoms with Crippen molar-refractivity contribution in [2.45, 2.75) is 37.5 Å². The number of halogens is 1. The molecule has 2 aliphatic rings. The average molecular weight is 400 g/mol. The van der Waals surface area contributed by atoms with Crippen LogP contribution in [-0.4, -0.2) is 24.5 Å². The molecule has 3 aromatic carbocycles. The number of benzene rings is 3. The minimum absolute atomic E-state index is 0.166. The summed E-state index contributed by atoms with van der Waals surface area (Å²) < 4.78 is 13.2. The highest BCUT2D eigenvalue weighted by molar-refractivity contribution is 5.32. The van der Waals surface area contributed by atoms with Gasteiger partial charge in [-0.25, -0.2) is 4.39 Å². The van der Waals surface area contributed by atoms with Gasteiger partial charge >= 0.3 is 0 Å². The molecule has 2 unspecified atom stereocenters. The van der Waals surface area contributed by atoms with E-state index in [2.05, 4.69) is 59.5 Å². The first kappa shape index (κ1) is 19.5. The largest absolute Gasteiger partial charge is 0.303 e. The summed E-state index contributed by atoms with van der Waals surface area (Å²) in [6.45, 7) is 3.69. The molecule has 2 heteroatoms. The maximum atomic E-state index is 13.2. The molecule has 154 valence electrons. The van der Waals surface area contributed by atoms with Crippen molar-refractivity contribution in [1.82, 2.24) is 4.90 Å². The van der Waals surface area contributed by atoms with Crippen molar-refractivity contribution in [2.75, 3.05) is 19.6 Å². The molecule has 1 aliphatic carbocycles. The number of piperidine rings is 1. The second-order valence-electron chi connectivity index (χ2n) is 9.14. The zero-order valence-corrected chi connectivity index (χ0v) is 17.5. The molecule has 1 heterocycles. The van der Waals surface area contributed by atoms with Gasteiger partial charge < -0.3 is 4.90 Å². The van der Waals surface area contributed by atoms with Crippen LogP contribution >= 0.6 is 0 Å². The fourth-order valence-electron chi connectivity index (χ4n) is 5.13. The molecule has 0 N–H and O–H groups in total. The fraction of sp³-hybridized carbons (Fsp3) is 0.357. The molecule has 1 nitrogen and oxygen atoms in total. The fourth-order valence-corrected chi connectivity index (χ4v) is 5.13. The number of likely N-dealkylation sites (tertiary alicyclic amines) is 1. The molecule has 5 rings (SSSR count). The lowest BCUT2D eigenvalue weighted by Crippen LogP contribution is -2.34. The Kier molecular flexibility index (Phi) is 5.68. The van der Waals surface area contributed by atoms with Crippen molar-refractivity contribution in [2.24, 2.45) is 5.92 Å². The Morgan fingerprint density at radius 3 is 2.27 bits per heavy atom. The van der Waals surface area contributed by atoms with Gasteiger partial charge in [-0.1, -0.05) is 66.7 Å². The van der Waals surface area contributed by atoms with Crippen molar-refractivity contribution in [3.63, 3.8) is 0 Å². The lowest BCUT2D eigenvalue weighted by atomic mass is 9.88. The topological polar surface area (TPSA) is 3.24 Å². The first-order valence-electron chi connectivity index (χ1n) is 11.4. The lowest BCUT2D eigenvalue weighted by Gasteiger charge is -2.32. The maximum absolute atomic E-state index is 13.2. The molecule has 0 aromatic heterocycles. The van der Waals surface area contributed by atoms with Crippen LogP contribution in [0.5, 0.6) is 0 Å². The van der Waals surface area contributed by atoms with Crippen LogP contribution < -0.4 is 0 Å². The summed E-state index contributed by atoms with van der Waals surface area (Å²) in [5.41, 5.74) is 5.49. The van der Waals surface area contributed by atoms with Gasteiger partial charge in [-0.05, 0) is 90.9 Å². The van der Waals surface area contributed by atoms with Crippen LogP contribution in [-0.2, 0) is 6.42 Å². The van der Waals surface area contributed by atoms with Crippen molar-refractivity contribution >= 4 is 0 Å². The smallest absolute Gasteiger partial charge is 0.123 e. The van der Waals surface area contributed by atoms with Crippen LogP contribution in [0.4, 0.5) is 4.39 Å². The molecule has 30 heavy (non-hydrogen) atoms. The molecule has 0 spiro atoms. The van der Waals surface area contributed by atoms with Crippen LogP contribution in [0.3, 0.4) is 0 Å².